The fraction of sp³-hybridized carbons (Fsp3) is 0.278. The number of amides is 3. The summed E-state index contributed by atoms with van der Waals surface area (Å²) >= 11 is 0. The summed E-state index contributed by atoms with van der Waals surface area (Å²) in [7, 11) is 0. The number of fused-ring (bicyclic) bond motifs is 1. The van der Waals surface area contributed by atoms with Crippen LogP contribution in [0.2, 0.25) is 0 Å². The molecule has 1 aromatic carbocycles. The van der Waals surface area contributed by atoms with Crippen molar-refractivity contribution >= 4 is 17.6 Å². The van der Waals surface area contributed by atoms with Crippen LogP contribution in [0.4, 0.5) is 14.9 Å². The minimum Gasteiger partial charge on any atom is -0.391 e. The van der Waals surface area contributed by atoms with Crippen molar-refractivity contribution in [1.29, 1.82) is 0 Å². The molecular formula is C18H16FN3O3. The fourth-order valence-electron chi connectivity index (χ4n) is 3.45. The molecule has 6 nitrogen and oxygen atoms in total. The highest BCUT2D eigenvalue weighted by atomic mass is 19.1. The standard InChI is InChI=1S/C18H16FN3O3/c1-10-2-3-11(12-4-13(19)8-20-7-12)5-15(10)22-17(24)16-6-14(23)9-21(16)18(22)25/h2-5,7-8,14,16,23H,6,9H2,1H3/t14-,16+/m1/s1. The predicted octanol–water partition coefficient (Wildman–Crippen LogP) is 2.10. The molecule has 1 aromatic heterocycles. The topological polar surface area (TPSA) is 73.7 Å². The zero-order valence-corrected chi connectivity index (χ0v) is 13.5. The number of hydrogen-bond acceptors (Lipinski definition) is 4. The van der Waals surface area contributed by atoms with Crippen LogP contribution in [-0.4, -0.2) is 45.6 Å². The number of aliphatic hydroxyl groups is 1. The largest absolute Gasteiger partial charge is 0.391 e. The van der Waals surface area contributed by atoms with Crippen molar-refractivity contribution in [2.75, 3.05) is 11.4 Å². The fourth-order valence-corrected chi connectivity index (χ4v) is 3.45. The Balaban J connectivity index is 1.75. The maximum atomic E-state index is 13.4. The number of nitrogens with zero attached hydrogens (tertiary/aromatic N) is 3. The molecule has 0 spiro atoms. The molecule has 2 fully saturated rings. The molecule has 0 bridgehead atoms. The predicted molar refractivity (Wildman–Crippen MR) is 88.4 cm³/mol. The lowest BCUT2D eigenvalue weighted by atomic mass is 10.0. The van der Waals surface area contributed by atoms with E-state index in [1.54, 1.807) is 18.2 Å². The van der Waals surface area contributed by atoms with Crippen molar-refractivity contribution in [1.82, 2.24) is 9.88 Å². The van der Waals surface area contributed by atoms with Crippen molar-refractivity contribution in [3.63, 3.8) is 0 Å². The first-order chi connectivity index (χ1) is 12.0. The van der Waals surface area contributed by atoms with E-state index in [0.717, 1.165) is 16.7 Å². The van der Waals surface area contributed by atoms with Gasteiger partial charge in [-0.25, -0.2) is 14.1 Å². The molecule has 128 valence electrons. The Morgan fingerprint density at radius 2 is 2.00 bits per heavy atom. The third kappa shape index (κ3) is 2.47. The van der Waals surface area contributed by atoms with Gasteiger partial charge in [-0.05, 0) is 30.2 Å². The Morgan fingerprint density at radius 1 is 1.20 bits per heavy atom. The van der Waals surface area contributed by atoms with E-state index in [2.05, 4.69) is 4.98 Å². The number of carbonyl (C=O) groups excluding carboxylic acids is 2. The molecule has 2 aliphatic rings. The van der Waals surface area contributed by atoms with Crippen LogP contribution in [0, 0.1) is 12.7 Å². The highest BCUT2D eigenvalue weighted by Crippen LogP contribution is 2.35. The average Bonchev–Trinajstić information content (AvgIpc) is 3.07. The number of benzene rings is 1. The normalized spacial score (nSPS) is 22.7. The molecule has 2 saturated heterocycles. The number of halogens is 1. The number of carbonyl (C=O) groups is 2. The van der Waals surface area contributed by atoms with Gasteiger partial charge in [0.15, 0.2) is 0 Å². The summed E-state index contributed by atoms with van der Waals surface area (Å²) in [5, 5.41) is 9.69. The Morgan fingerprint density at radius 3 is 2.72 bits per heavy atom. The van der Waals surface area contributed by atoms with Crippen LogP contribution in [0.5, 0.6) is 0 Å². The van der Waals surface area contributed by atoms with Crippen LogP contribution in [0.25, 0.3) is 11.1 Å². The summed E-state index contributed by atoms with van der Waals surface area (Å²) in [4.78, 5) is 31.7. The van der Waals surface area contributed by atoms with E-state index >= 15 is 0 Å². The van der Waals surface area contributed by atoms with Gasteiger partial charge in [0.05, 0.1) is 18.0 Å². The number of aliphatic hydroxyl groups excluding tert-OH is 1. The number of aromatic nitrogens is 1. The summed E-state index contributed by atoms with van der Waals surface area (Å²) in [5.74, 6) is -0.790. The lowest BCUT2D eigenvalue weighted by Crippen LogP contribution is -2.35. The van der Waals surface area contributed by atoms with Gasteiger partial charge in [0.25, 0.3) is 5.91 Å². The second kappa shape index (κ2) is 5.63. The van der Waals surface area contributed by atoms with Gasteiger partial charge < -0.3 is 10.0 Å². The van der Waals surface area contributed by atoms with E-state index in [9.17, 15) is 19.1 Å². The van der Waals surface area contributed by atoms with Gasteiger partial charge >= 0.3 is 6.03 Å². The number of rotatable bonds is 2. The molecule has 4 rings (SSSR count). The zero-order valence-electron chi connectivity index (χ0n) is 13.5. The molecule has 1 N–H and O–H groups in total. The van der Waals surface area contributed by atoms with Crippen LogP contribution >= 0.6 is 0 Å². The lowest BCUT2D eigenvalue weighted by molar-refractivity contribution is -0.119. The second-order valence-electron chi connectivity index (χ2n) is 6.41. The van der Waals surface area contributed by atoms with Crippen LogP contribution < -0.4 is 4.90 Å². The Hall–Kier alpha value is -2.80. The molecular weight excluding hydrogens is 325 g/mol. The van der Waals surface area contributed by atoms with Gasteiger partial charge in [0.2, 0.25) is 0 Å². The first-order valence-corrected chi connectivity index (χ1v) is 8.00. The summed E-state index contributed by atoms with van der Waals surface area (Å²) in [6.07, 6.45) is 2.24. The van der Waals surface area contributed by atoms with Gasteiger partial charge in [-0.2, -0.15) is 0 Å². The number of urea groups is 1. The molecule has 0 saturated carbocycles. The van der Waals surface area contributed by atoms with Gasteiger partial charge in [0.1, 0.15) is 11.9 Å². The first-order valence-electron chi connectivity index (χ1n) is 8.00. The highest BCUT2D eigenvalue weighted by Gasteiger charge is 2.51. The maximum absolute atomic E-state index is 13.4. The Bertz CT molecular complexity index is 862. The maximum Gasteiger partial charge on any atom is 0.332 e. The van der Waals surface area contributed by atoms with E-state index in [0.29, 0.717) is 16.8 Å². The molecule has 2 atom stereocenters. The molecule has 3 heterocycles. The van der Waals surface area contributed by atoms with E-state index in [4.69, 9.17) is 0 Å². The van der Waals surface area contributed by atoms with Gasteiger partial charge in [-0.3, -0.25) is 9.78 Å². The van der Waals surface area contributed by atoms with Gasteiger partial charge in [0, 0.05) is 24.7 Å². The number of imide groups is 1. The van der Waals surface area contributed by atoms with Crippen molar-refractivity contribution in [2.45, 2.75) is 25.5 Å². The van der Waals surface area contributed by atoms with Crippen molar-refractivity contribution in [3.8, 4) is 11.1 Å². The molecule has 0 unspecified atom stereocenters. The minimum atomic E-state index is -0.661. The Labute approximate surface area is 143 Å². The number of aryl methyl sites for hydroxylation is 1. The van der Waals surface area contributed by atoms with E-state index in [-0.39, 0.29) is 18.9 Å². The molecule has 3 amide bonds. The van der Waals surface area contributed by atoms with Crippen LogP contribution in [0.15, 0.2) is 36.7 Å². The molecule has 25 heavy (non-hydrogen) atoms. The van der Waals surface area contributed by atoms with Crippen LogP contribution in [-0.2, 0) is 4.79 Å². The SMILES string of the molecule is Cc1ccc(-c2cncc(F)c2)cc1N1C(=O)[C@@H]2C[C@@H](O)CN2C1=O. The molecule has 7 heteroatoms. The van der Waals surface area contributed by atoms with Gasteiger partial charge in [-0.1, -0.05) is 12.1 Å². The third-order valence-electron chi connectivity index (χ3n) is 4.71. The summed E-state index contributed by atoms with van der Waals surface area (Å²) in [5.41, 5.74) is 2.47. The second-order valence-corrected chi connectivity index (χ2v) is 6.41. The van der Waals surface area contributed by atoms with Gasteiger partial charge in [-0.15, -0.1) is 0 Å². The smallest absolute Gasteiger partial charge is 0.332 e. The van der Waals surface area contributed by atoms with Crippen molar-refractivity contribution in [2.24, 2.45) is 0 Å². The summed E-state index contributed by atoms with van der Waals surface area (Å²) < 4.78 is 13.4. The minimum absolute atomic E-state index is 0.165. The summed E-state index contributed by atoms with van der Waals surface area (Å²) in [6, 6.07) is 5.59. The summed E-state index contributed by atoms with van der Waals surface area (Å²) in [6.45, 7) is 1.97. The quantitative estimate of drug-likeness (QED) is 0.849. The third-order valence-corrected chi connectivity index (χ3v) is 4.71. The van der Waals surface area contributed by atoms with Crippen molar-refractivity contribution < 1.29 is 19.1 Å². The molecule has 0 aliphatic carbocycles. The number of hydrogen-bond donors (Lipinski definition) is 1. The Kier molecular flexibility index (Phi) is 3.54. The van der Waals surface area contributed by atoms with Crippen LogP contribution in [0.1, 0.15) is 12.0 Å². The number of pyridine rings is 1. The zero-order chi connectivity index (χ0) is 17.7. The first kappa shape index (κ1) is 15.7. The van der Waals surface area contributed by atoms with E-state index < -0.39 is 24.0 Å². The molecule has 2 aromatic rings. The van der Waals surface area contributed by atoms with E-state index in [1.165, 1.54) is 17.2 Å². The van der Waals surface area contributed by atoms with E-state index in [1.807, 2.05) is 6.92 Å². The molecule has 0 radical (unpaired) electrons. The molecule has 2 aliphatic heterocycles. The van der Waals surface area contributed by atoms with Crippen LogP contribution in [0.3, 0.4) is 0 Å². The number of anilines is 1. The monoisotopic (exact) mass is 341 g/mol. The lowest BCUT2D eigenvalue weighted by Gasteiger charge is -2.19. The highest BCUT2D eigenvalue weighted by molar-refractivity contribution is 6.22. The van der Waals surface area contributed by atoms with Crippen molar-refractivity contribution in [3.05, 3.63) is 48.0 Å². The average molecular weight is 341 g/mol.